The zero-order valence-corrected chi connectivity index (χ0v) is 17.5. The summed E-state index contributed by atoms with van der Waals surface area (Å²) in [6.45, 7) is 6.10. The predicted octanol–water partition coefficient (Wildman–Crippen LogP) is 4.60. The number of benzene rings is 3. The largest absolute Gasteiger partial charge is 0.497 e. The Balaban J connectivity index is 1.38. The summed E-state index contributed by atoms with van der Waals surface area (Å²) in [7, 11) is 1.62. The third-order valence-corrected chi connectivity index (χ3v) is 5.51. The van der Waals surface area contributed by atoms with Gasteiger partial charge >= 0.3 is 0 Å². The number of carbonyl (C=O) groups excluding carboxylic acids is 1. The van der Waals surface area contributed by atoms with Gasteiger partial charge in [-0.3, -0.25) is 4.79 Å². The van der Waals surface area contributed by atoms with Crippen molar-refractivity contribution < 1.29 is 9.53 Å². The highest BCUT2D eigenvalue weighted by Gasteiger charge is 2.20. The molecule has 1 amide bonds. The molecule has 1 aliphatic rings. The minimum absolute atomic E-state index is 0.239. The molecule has 1 heterocycles. The van der Waals surface area contributed by atoms with Crippen LogP contribution in [0.4, 0.5) is 5.69 Å². The summed E-state index contributed by atoms with van der Waals surface area (Å²) in [5, 5.41) is 4.05. The molecular formula is C25H25N3O2. The van der Waals surface area contributed by atoms with E-state index in [1.54, 1.807) is 13.3 Å². The predicted molar refractivity (Wildman–Crippen MR) is 120 cm³/mol. The average molecular weight is 399 g/mol. The van der Waals surface area contributed by atoms with E-state index >= 15 is 0 Å². The smallest absolute Gasteiger partial charge is 0.271 e. The summed E-state index contributed by atoms with van der Waals surface area (Å²) in [4.78, 5) is 14.7. The Morgan fingerprint density at radius 3 is 2.30 bits per heavy atom. The van der Waals surface area contributed by atoms with E-state index in [0.717, 1.165) is 30.1 Å². The maximum atomic E-state index is 12.4. The number of aryl methyl sites for hydroxylation is 2. The Kier molecular flexibility index (Phi) is 5.53. The van der Waals surface area contributed by atoms with Crippen LogP contribution in [0.3, 0.4) is 0 Å². The zero-order chi connectivity index (χ0) is 21.1. The highest BCUT2D eigenvalue weighted by molar-refractivity contribution is 5.95. The number of hydrogen-bond donors (Lipinski definition) is 1. The molecule has 1 aliphatic heterocycles. The summed E-state index contributed by atoms with van der Waals surface area (Å²) >= 11 is 0. The van der Waals surface area contributed by atoms with Gasteiger partial charge in [-0.05, 0) is 78.1 Å². The topological polar surface area (TPSA) is 53.9 Å². The van der Waals surface area contributed by atoms with Crippen molar-refractivity contribution in [3.8, 4) is 5.75 Å². The molecule has 0 spiro atoms. The molecular weight excluding hydrogens is 374 g/mol. The number of rotatable bonds is 5. The van der Waals surface area contributed by atoms with Gasteiger partial charge in [0.25, 0.3) is 5.91 Å². The fourth-order valence-corrected chi connectivity index (χ4v) is 3.66. The number of hydrogen-bond acceptors (Lipinski definition) is 4. The van der Waals surface area contributed by atoms with Gasteiger partial charge in [0.05, 0.1) is 13.3 Å². The third-order valence-electron chi connectivity index (χ3n) is 5.51. The second-order valence-corrected chi connectivity index (χ2v) is 7.58. The molecule has 5 nitrogen and oxygen atoms in total. The summed E-state index contributed by atoms with van der Waals surface area (Å²) in [6, 6.07) is 19.7. The van der Waals surface area contributed by atoms with Crippen molar-refractivity contribution in [3.63, 3.8) is 0 Å². The minimum atomic E-state index is -0.239. The molecule has 30 heavy (non-hydrogen) atoms. The molecule has 0 radical (unpaired) electrons. The standard InChI is InChI=1S/C25H25N3O2/c1-17-11-21-15-28(16-22(21)12-18(17)2)23-9-7-20(8-10-23)25(29)27-26-14-19-5-4-6-24(13-19)30-3/h4-14H,15-16H2,1-3H3,(H,27,29)/b26-14-. The number of hydrazone groups is 1. The van der Waals surface area contributed by atoms with Crippen LogP contribution in [0.15, 0.2) is 65.8 Å². The fourth-order valence-electron chi connectivity index (χ4n) is 3.66. The van der Waals surface area contributed by atoms with Crippen molar-refractivity contribution in [1.82, 2.24) is 5.43 Å². The molecule has 1 N–H and O–H groups in total. The number of amides is 1. The average Bonchev–Trinajstić information content (AvgIpc) is 3.17. The van der Waals surface area contributed by atoms with Gasteiger partial charge in [-0.25, -0.2) is 5.43 Å². The molecule has 152 valence electrons. The van der Waals surface area contributed by atoms with Gasteiger partial charge in [0.2, 0.25) is 0 Å². The molecule has 5 heteroatoms. The number of anilines is 1. The van der Waals surface area contributed by atoms with E-state index in [-0.39, 0.29) is 5.91 Å². The summed E-state index contributed by atoms with van der Waals surface area (Å²) in [5.41, 5.74) is 10.5. The number of nitrogens with one attached hydrogen (secondary N) is 1. The lowest BCUT2D eigenvalue weighted by molar-refractivity contribution is 0.0955. The number of carbonyl (C=O) groups is 1. The van der Waals surface area contributed by atoms with E-state index in [1.165, 1.54) is 22.3 Å². The lowest BCUT2D eigenvalue weighted by atomic mass is 10.0. The molecule has 0 aromatic heterocycles. The zero-order valence-electron chi connectivity index (χ0n) is 17.5. The molecule has 0 unspecified atom stereocenters. The molecule has 0 fully saturated rings. The van der Waals surface area contributed by atoms with Crippen molar-refractivity contribution in [1.29, 1.82) is 0 Å². The van der Waals surface area contributed by atoms with Crippen LogP contribution in [0.5, 0.6) is 5.75 Å². The molecule has 4 rings (SSSR count). The molecule has 0 bridgehead atoms. The Bertz CT molecular complexity index is 1070. The van der Waals surface area contributed by atoms with Crippen LogP contribution in [0.2, 0.25) is 0 Å². The SMILES string of the molecule is COc1cccc(/C=N\NC(=O)c2ccc(N3Cc4cc(C)c(C)cc4C3)cc2)c1. The highest BCUT2D eigenvalue weighted by Crippen LogP contribution is 2.30. The second-order valence-electron chi connectivity index (χ2n) is 7.58. The third kappa shape index (κ3) is 4.20. The maximum Gasteiger partial charge on any atom is 0.271 e. The Labute approximate surface area is 177 Å². The molecule has 0 saturated carbocycles. The molecule has 0 atom stereocenters. The summed E-state index contributed by atoms with van der Waals surface area (Å²) in [6.07, 6.45) is 1.60. The van der Waals surface area contributed by atoms with Gasteiger partial charge in [-0.2, -0.15) is 5.10 Å². The lowest BCUT2D eigenvalue weighted by Crippen LogP contribution is -2.18. The molecule has 0 saturated heterocycles. The van der Waals surface area contributed by atoms with Gasteiger partial charge < -0.3 is 9.64 Å². The van der Waals surface area contributed by atoms with Crippen molar-refractivity contribution in [2.45, 2.75) is 26.9 Å². The lowest BCUT2D eigenvalue weighted by Gasteiger charge is -2.17. The van der Waals surface area contributed by atoms with E-state index < -0.39 is 0 Å². The maximum absolute atomic E-state index is 12.4. The van der Waals surface area contributed by atoms with Gasteiger partial charge in [0.1, 0.15) is 5.75 Å². The van der Waals surface area contributed by atoms with Gasteiger partial charge in [0, 0.05) is 24.3 Å². The van der Waals surface area contributed by atoms with E-state index in [4.69, 9.17) is 4.74 Å². The van der Waals surface area contributed by atoms with Crippen LogP contribution in [0.25, 0.3) is 0 Å². The quantitative estimate of drug-likeness (QED) is 0.504. The molecule has 3 aromatic carbocycles. The number of methoxy groups -OCH3 is 1. The van der Waals surface area contributed by atoms with Crippen LogP contribution in [0.1, 0.15) is 38.2 Å². The molecule has 0 aliphatic carbocycles. The summed E-state index contributed by atoms with van der Waals surface area (Å²) < 4.78 is 5.18. The van der Waals surface area contributed by atoms with Gasteiger partial charge in [-0.1, -0.05) is 24.3 Å². The van der Waals surface area contributed by atoms with Crippen molar-refractivity contribution in [3.05, 3.63) is 94.0 Å². The van der Waals surface area contributed by atoms with Gasteiger partial charge in [0.15, 0.2) is 0 Å². The first-order valence-electron chi connectivity index (χ1n) is 9.95. The van der Waals surface area contributed by atoms with E-state index in [9.17, 15) is 4.79 Å². The van der Waals surface area contributed by atoms with Crippen LogP contribution >= 0.6 is 0 Å². The monoisotopic (exact) mass is 399 g/mol. The van der Waals surface area contributed by atoms with Crippen molar-refractivity contribution >= 4 is 17.8 Å². The number of nitrogens with zero attached hydrogens (tertiary/aromatic N) is 2. The van der Waals surface area contributed by atoms with Crippen LogP contribution in [0, 0.1) is 13.8 Å². The Hall–Kier alpha value is -3.60. The van der Waals surface area contributed by atoms with E-state index in [0.29, 0.717) is 5.56 Å². The first-order chi connectivity index (χ1) is 14.5. The van der Waals surface area contributed by atoms with Crippen molar-refractivity contribution in [2.75, 3.05) is 12.0 Å². The number of fused-ring (bicyclic) bond motifs is 1. The normalized spacial score (nSPS) is 12.8. The van der Waals surface area contributed by atoms with Crippen LogP contribution in [-0.4, -0.2) is 19.2 Å². The highest BCUT2D eigenvalue weighted by atomic mass is 16.5. The van der Waals surface area contributed by atoms with E-state index in [2.05, 4.69) is 41.4 Å². The summed E-state index contributed by atoms with van der Waals surface area (Å²) in [5.74, 6) is 0.506. The molecule has 3 aromatic rings. The Morgan fingerprint density at radius 2 is 1.67 bits per heavy atom. The van der Waals surface area contributed by atoms with Crippen LogP contribution in [-0.2, 0) is 13.1 Å². The van der Waals surface area contributed by atoms with E-state index in [1.807, 2.05) is 48.5 Å². The minimum Gasteiger partial charge on any atom is -0.497 e. The van der Waals surface area contributed by atoms with Crippen molar-refractivity contribution in [2.24, 2.45) is 5.10 Å². The van der Waals surface area contributed by atoms with Crippen LogP contribution < -0.4 is 15.1 Å². The van der Waals surface area contributed by atoms with Gasteiger partial charge in [-0.15, -0.1) is 0 Å². The first kappa shape index (κ1) is 19.7. The first-order valence-corrected chi connectivity index (χ1v) is 9.95. The number of ether oxygens (including phenoxy) is 1. The fraction of sp³-hybridized carbons (Fsp3) is 0.200. The second kappa shape index (κ2) is 8.41. The Morgan fingerprint density at radius 1 is 1.00 bits per heavy atom.